The van der Waals surface area contributed by atoms with Crippen LogP contribution in [0.3, 0.4) is 0 Å². The number of hydrogen-bond donors (Lipinski definition) is 3. The molecule has 0 spiro atoms. The number of nitrogens with zero attached hydrogens (tertiary/aromatic N) is 2. The molecule has 1 aliphatic rings. The van der Waals surface area contributed by atoms with E-state index in [-0.39, 0.29) is 22.3 Å². The van der Waals surface area contributed by atoms with Crippen LogP contribution in [-0.2, 0) is 4.79 Å². The van der Waals surface area contributed by atoms with Crippen LogP contribution in [0, 0.1) is 10.1 Å². The van der Waals surface area contributed by atoms with Crippen LogP contribution in [0.15, 0.2) is 42.5 Å². The van der Waals surface area contributed by atoms with Crippen LogP contribution in [0.1, 0.15) is 36.5 Å². The summed E-state index contributed by atoms with van der Waals surface area (Å²) in [6, 6.07) is 11.2. The van der Waals surface area contributed by atoms with Crippen LogP contribution in [0.2, 0.25) is 0 Å². The molecule has 1 saturated heterocycles. The molecular formula is C21H23N5O4S. The third-order valence-electron chi connectivity index (χ3n) is 4.82. The summed E-state index contributed by atoms with van der Waals surface area (Å²) in [4.78, 5) is 36.7. The number of thiocarbonyl (C=S) groups is 1. The Hall–Kier alpha value is -3.53. The van der Waals surface area contributed by atoms with Gasteiger partial charge >= 0.3 is 0 Å². The van der Waals surface area contributed by atoms with E-state index in [4.69, 9.17) is 12.2 Å². The van der Waals surface area contributed by atoms with Gasteiger partial charge in [-0.15, -0.1) is 0 Å². The van der Waals surface area contributed by atoms with E-state index in [2.05, 4.69) is 16.0 Å². The van der Waals surface area contributed by atoms with Crippen LogP contribution >= 0.6 is 12.2 Å². The molecule has 3 rings (SSSR count). The molecule has 0 aromatic heterocycles. The third kappa shape index (κ3) is 5.98. The molecule has 1 aliphatic heterocycles. The summed E-state index contributed by atoms with van der Waals surface area (Å²) in [6.45, 7) is 2.95. The summed E-state index contributed by atoms with van der Waals surface area (Å²) in [5.41, 5.74) is 1.83. The number of nitro benzene ring substituents is 1. The second-order valence-electron chi connectivity index (χ2n) is 7.18. The fourth-order valence-electron chi connectivity index (χ4n) is 3.39. The Labute approximate surface area is 185 Å². The number of rotatable bonds is 5. The van der Waals surface area contributed by atoms with Gasteiger partial charge in [0.1, 0.15) is 5.69 Å². The fourth-order valence-corrected chi connectivity index (χ4v) is 3.60. The SMILES string of the molecule is CC(=O)Nc1ccc(NC(=S)NC(=O)c2ccc(N3CCCCC3)c([N+](=O)[O-])c2)cc1. The van der Waals surface area contributed by atoms with Crippen molar-refractivity contribution >= 4 is 51.9 Å². The van der Waals surface area contributed by atoms with Crippen LogP contribution in [0.4, 0.5) is 22.7 Å². The van der Waals surface area contributed by atoms with Crippen LogP contribution in [0.5, 0.6) is 0 Å². The number of carbonyl (C=O) groups excluding carboxylic acids is 2. The third-order valence-corrected chi connectivity index (χ3v) is 5.03. The van der Waals surface area contributed by atoms with Crippen molar-refractivity contribution in [1.29, 1.82) is 0 Å². The van der Waals surface area contributed by atoms with Crippen molar-refractivity contribution in [2.24, 2.45) is 0 Å². The minimum atomic E-state index is -0.541. The van der Waals surface area contributed by atoms with Crippen molar-refractivity contribution in [3.05, 3.63) is 58.1 Å². The van der Waals surface area contributed by atoms with Gasteiger partial charge in [-0.25, -0.2) is 0 Å². The Morgan fingerprint density at radius 1 is 1.00 bits per heavy atom. The molecule has 2 aromatic rings. The molecule has 0 atom stereocenters. The maximum atomic E-state index is 12.6. The number of hydrogen-bond acceptors (Lipinski definition) is 6. The highest BCUT2D eigenvalue weighted by atomic mass is 32.1. The summed E-state index contributed by atoms with van der Waals surface area (Å²) in [7, 11) is 0. The maximum absolute atomic E-state index is 12.6. The molecule has 2 aromatic carbocycles. The van der Waals surface area contributed by atoms with Crippen LogP contribution in [0.25, 0.3) is 0 Å². The second kappa shape index (κ2) is 9.98. The average Bonchev–Trinajstić information content (AvgIpc) is 2.75. The molecule has 9 nitrogen and oxygen atoms in total. The lowest BCUT2D eigenvalue weighted by molar-refractivity contribution is -0.384. The van der Waals surface area contributed by atoms with Gasteiger partial charge in [0.2, 0.25) is 5.91 Å². The average molecular weight is 442 g/mol. The predicted octanol–water partition coefficient (Wildman–Crippen LogP) is 3.67. The lowest BCUT2D eigenvalue weighted by atomic mass is 10.1. The van der Waals surface area contributed by atoms with Gasteiger partial charge in [0, 0.05) is 43.0 Å². The molecule has 0 bridgehead atoms. The predicted molar refractivity (Wildman–Crippen MR) is 124 cm³/mol. The highest BCUT2D eigenvalue weighted by Gasteiger charge is 2.23. The van der Waals surface area contributed by atoms with Gasteiger partial charge in [0.05, 0.1) is 4.92 Å². The van der Waals surface area contributed by atoms with E-state index >= 15 is 0 Å². The zero-order valence-electron chi connectivity index (χ0n) is 17.0. The van der Waals surface area contributed by atoms with Crippen molar-refractivity contribution in [3.63, 3.8) is 0 Å². The number of carbonyl (C=O) groups is 2. The van der Waals surface area contributed by atoms with Crippen molar-refractivity contribution < 1.29 is 14.5 Å². The van der Waals surface area contributed by atoms with Gasteiger partial charge in [0.25, 0.3) is 11.6 Å². The zero-order valence-corrected chi connectivity index (χ0v) is 17.8. The van der Waals surface area contributed by atoms with E-state index in [9.17, 15) is 19.7 Å². The van der Waals surface area contributed by atoms with Crippen molar-refractivity contribution in [2.45, 2.75) is 26.2 Å². The molecule has 31 heavy (non-hydrogen) atoms. The summed E-state index contributed by atoms with van der Waals surface area (Å²) in [5, 5.41) is 19.7. The van der Waals surface area contributed by atoms with Gasteiger partial charge < -0.3 is 15.5 Å². The van der Waals surface area contributed by atoms with Crippen molar-refractivity contribution in [1.82, 2.24) is 5.32 Å². The van der Waals surface area contributed by atoms with Gasteiger partial charge in [0.15, 0.2) is 5.11 Å². The Morgan fingerprint density at radius 2 is 1.61 bits per heavy atom. The lowest BCUT2D eigenvalue weighted by Crippen LogP contribution is -2.34. The van der Waals surface area contributed by atoms with Gasteiger partial charge in [-0.1, -0.05) is 0 Å². The Morgan fingerprint density at radius 3 is 2.19 bits per heavy atom. The summed E-state index contributed by atoms with van der Waals surface area (Å²) >= 11 is 5.17. The molecular weight excluding hydrogens is 418 g/mol. The number of anilines is 3. The first-order valence-electron chi connectivity index (χ1n) is 9.87. The lowest BCUT2D eigenvalue weighted by Gasteiger charge is -2.28. The van der Waals surface area contributed by atoms with E-state index in [1.54, 1.807) is 36.4 Å². The largest absolute Gasteiger partial charge is 0.366 e. The van der Waals surface area contributed by atoms with Gasteiger partial charge in [-0.3, -0.25) is 25.0 Å². The molecule has 3 N–H and O–H groups in total. The molecule has 0 aliphatic carbocycles. The van der Waals surface area contributed by atoms with E-state index in [0.717, 1.165) is 32.4 Å². The first-order chi connectivity index (χ1) is 14.8. The van der Waals surface area contributed by atoms with Crippen LogP contribution in [-0.4, -0.2) is 34.9 Å². The van der Waals surface area contributed by atoms with Gasteiger partial charge in [-0.2, -0.15) is 0 Å². The normalized spacial score (nSPS) is 13.3. The molecule has 0 saturated carbocycles. The van der Waals surface area contributed by atoms with E-state index in [1.165, 1.54) is 13.0 Å². The van der Waals surface area contributed by atoms with Crippen LogP contribution < -0.4 is 20.9 Å². The zero-order chi connectivity index (χ0) is 22.4. The fraction of sp³-hybridized carbons (Fsp3) is 0.286. The molecule has 0 radical (unpaired) electrons. The first-order valence-corrected chi connectivity index (χ1v) is 10.3. The van der Waals surface area contributed by atoms with E-state index in [0.29, 0.717) is 17.1 Å². The Balaban J connectivity index is 1.66. The standard InChI is InChI=1S/C21H23N5O4S/c1-14(27)22-16-6-8-17(9-7-16)23-21(31)24-20(28)15-5-10-18(19(13-15)26(29)30)25-11-3-2-4-12-25/h5-10,13H,2-4,11-12H2,1H3,(H,22,27)(H2,23,24,28,31). The quantitative estimate of drug-likeness (QED) is 0.368. The van der Waals surface area contributed by atoms with Gasteiger partial charge in [-0.05, 0) is 67.9 Å². The minimum Gasteiger partial charge on any atom is -0.366 e. The second-order valence-corrected chi connectivity index (χ2v) is 7.58. The van der Waals surface area contributed by atoms with E-state index in [1.807, 2.05) is 4.90 Å². The molecule has 162 valence electrons. The molecule has 0 unspecified atom stereocenters. The minimum absolute atomic E-state index is 0.0556. The first kappa shape index (κ1) is 22.2. The molecule has 1 heterocycles. The van der Waals surface area contributed by atoms with E-state index < -0.39 is 10.8 Å². The number of nitro groups is 1. The number of nitrogens with one attached hydrogen (secondary N) is 3. The number of amides is 2. The Kier molecular flexibility index (Phi) is 7.14. The smallest absolute Gasteiger partial charge is 0.293 e. The highest BCUT2D eigenvalue weighted by Crippen LogP contribution is 2.31. The maximum Gasteiger partial charge on any atom is 0.293 e. The van der Waals surface area contributed by atoms with Crippen molar-refractivity contribution in [3.8, 4) is 0 Å². The molecule has 1 fully saturated rings. The summed E-state index contributed by atoms with van der Waals surface area (Å²) in [6.07, 6.45) is 3.10. The Bertz CT molecular complexity index is 1000. The van der Waals surface area contributed by atoms with Crippen molar-refractivity contribution in [2.75, 3.05) is 28.6 Å². The topological polar surface area (TPSA) is 117 Å². The molecule has 2 amide bonds. The number of benzene rings is 2. The summed E-state index contributed by atoms with van der Waals surface area (Å²) < 4.78 is 0. The molecule has 10 heteroatoms. The highest BCUT2D eigenvalue weighted by molar-refractivity contribution is 7.80. The number of piperidine rings is 1. The summed E-state index contributed by atoms with van der Waals surface area (Å²) in [5.74, 6) is -0.718. The monoisotopic (exact) mass is 441 g/mol.